The van der Waals surface area contributed by atoms with Crippen molar-refractivity contribution in [1.29, 1.82) is 0 Å². The van der Waals surface area contributed by atoms with Gasteiger partial charge in [-0.3, -0.25) is 9.69 Å². The Morgan fingerprint density at radius 3 is 2.92 bits per heavy atom. The molecular formula is C18H22ClN3O2. The van der Waals surface area contributed by atoms with Gasteiger partial charge in [0.15, 0.2) is 0 Å². The molecule has 1 aliphatic rings. The zero-order valence-electron chi connectivity index (χ0n) is 14.0. The summed E-state index contributed by atoms with van der Waals surface area (Å²) >= 11 is 6.10. The molecule has 6 heteroatoms. The van der Waals surface area contributed by atoms with Crippen LogP contribution in [-0.4, -0.2) is 35.6 Å². The molecule has 1 aliphatic heterocycles. The lowest BCUT2D eigenvalue weighted by atomic mass is 10.1. The minimum absolute atomic E-state index is 0.0302. The summed E-state index contributed by atoms with van der Waals surface area (Å²) in [6.07, 6.45) is 4.24. The summed E-state index contributed by atoms with van der Waals surface area (Å²) in [5.41, 5.74) is 1.94. The van der Waals surface area contributed by atoms with Crippen LogP contribution < -0.4 is 10.1 Å². The fourth-order valence-electron chi connectivity index (χ4n) is 3.30. The van der Waals surface area contributed by atoms with Gasteiger partial charge in [-0.2, -0.15) is 0 Å². The van der Waals surface area contributed by atoms with Crippen LogP contribution in [0, 0.1) is 0 Å². The van der Waals surface area contributed by atoms with Crippen molar-refractivity contribution in [3.63, 3.8) is 0 Å². The molecule has 2 aromatic rings. The lowest BCUT2D eigenvalue weighted by Crippen LogP contribution is -2.33. The summed E-state index contributed by atoms with van der Waals surface area (Å²) in [6, 6.07) is 9.73. The number of aryl methyl sites for hydroxylation is 1. The van der Waals surface area contributed by atoms with E-state index in [1.54, 1.807) is 25.3 Å². The van der Waals surface area contributed by atoms with Gasteiger partial charge in [0, 0.05) is 24.6 Å². The zero-order chi connectivity index (χ0) is 17.1. The molecule has 0 saturated carbocycles. The third kappa shape index (κ3) is 3.57. The summed E-state index contributed by atoms with van der Waals surface area (Å²) in [5.74, 6) is 0.565. The van der Waals surface area contributed by atoms with Crippen molar-refractivity contribution >= 4 is 23.2 Å². The van der Waals surface area contributed by atoms with Crippen molar-refractivity contribution in [3.8, 4) is 5.75 Å². The number of carbonyl (C=O) groups is 1. The third-order valence-electron chi connectivity index (χ3n) is 4.47. The molecule has 0 radical (unpaired) electrons. The van der Waals surface area contributed by atoms with E-state index in [1.165, 1.54) is 5.69 Å². The third-order valence-corrected chi connectivity index (χ3v) is 4.77. The summed E-state index contributed by atoms with van der Waals surface area (Å²) in [6.45, 7) is 1.31. The molecule has 3 rings (SSSR count). The highest BCUT2D eigenvalue weighted by Gasteiger charge is 2.28. The Labute approximate surface area is 147 Å². The Kier molecular flexibility index (Phi) is 5.11. The maximum absolute atomic E-state index is 12.4. The Hall–Kier alpha value is -1.98. The van der Waals surface area contributed by atoms with E-state index in [-0.39, 0.29) is 5.91 Å². The summed E-state index contributed by atoms with van der Waals surface area (Å²) in [5, 5.41) is 3.40. The fourth-order valence-corrected chi connectivity index (χ4v) is 3.56. The van der Waals surface area contributed by atoms with E-state index in [9.17, 15) is 4.79 Å². The van der Waals surface area contributed by atoms with Crippen LogP contribution >= 0.6 is 11.6 Å². The molecule has 128 valence electrons. The number of carbonyl (C=O) groups excluding carboxylic acids is 1. The number of aromatic nitrogens is 1. The van der Waals surface area contributed by atoms with E-state index < -0.39 is 0 Å². The van der Waals surface area contributed by atoms with E-state index in [2.05, 4.69) is 20.9 Å². The van der Waals surface area contributed by atoms with E-state index in [0.29, 0.717) is 29.0 Å². The highest BCUT2D eigenvalue weighted by molar-refractivity contribution is 6.32. The van der Waals surface area contributed by atoms with Gasteiger partial charge in [-0.25, -0.2) is 0 Å². The summed E-state index contributed by atoms with van der Waals surface area (Å²) < 4.78 is 7.25. The molecule has 2 heterocycles. The van der Waals surface area contributed by atoms with Crippen molar-refractivity contribution in [1.82, 2.24) is 9.47 Å². The van der Waals surface area contributed by atoms with Crippen LogP contribution in [0.1, 0.15) is 24.6 Å². The average molecular weight is 348 g/mol. The summed E-state index contributed by atoms with van der Waals surface area (Å²) in [4.78, 5) is 14.6. The van der Waals surface area contributed by atoms with Gasteiger partial charge in [0.05, 0.1) is 24.7 Å². The Bertz CT molecular complexity index is 729. The molecule has 1 aromatic heterocycles. The molecule has 1 atom stereocenters. The maximum atomic E-state index is 12.4. The number of likely N-dealkylation sites (tertiary alicyclic amines) is 1. The molecule has 1 N–H and O–H groups in total. The normalized spacial score (nSPS) is 17.9. The average Bonchev–Trinajstić information content (AvgIpc) is 3.16. The number of benzene rings is 1. The Morgan fingerprint density at radius 2 is 2.25 bits per heavy atom. The zero-order valence-corrected chi connectivity index (χ0v) is 14.7. The largest absolute Gasteiger partial charge is 0.495 e. The second kappa shape index (κ2) is 7.28. The number of nitrogens with one attached hydrogen (secondary N) is 1. The molecule has 0 spiro atoms. The number of nitrogens with zero attached hydrogens (tertiary/aromatic N) is 2. The van der Waals surface area contributed by atoms with Crippen molar-refractivity contribution in [2.45, 2.75) is 18.9 Å². The lowest BCUT2D eigenvalue weighted by molar-refractivity contribution is -0.117. The number of hydrogen-bond acceptors (Lipinski definition) is 3. The van der Waals surface area contributed by atoms with Gasteiger partial charge in [0.2, 0.25) is 5.91 Å². The van der Waals surface area contributed by atoms with Crippen LogP contribution in [0.15, 0.2) is 36.5 Å². The summed E-state index contributed by atoms with van der Waals surface area (Å²) in [7, 11) is 3.61. The second-order valence-electron chi connectivity index (χ2n) is 6.07. The first-order chi connectivity index (χ1) is 11.6. The fraction of sp³-hybridized carbons (Fsp3) is 0.389. The SMILES string of the molecule is COc1ccc(NC(=O)CN2CCC[C@@H]2c2cccn2C)cc1Cl. The number of amides is 1. The molecule has 1 fully saturated rings. The molecular weight excluding hydrogens is 326 g/mol. The van der Waals surface area contributed by atoms with Gasteiger partial charge < -0.3 is 14.6 Å². The van der Waals surface area contributed by atoms with Crippen molar-refractivity contribution in [2.75, 3.05) is 25.5 Å². The van der Waals surface area contributed by atoms with Crippen LogP contribution in [0.3, 0.4) is 0 Å². The molecule has 1 saturated heterocycles. The lowest BCUT2D eigenvalue weighted by Gasteiger charge is -2.24. The number of rotatable bonds is 5. The van der Waals surface area contributed by atoms with Crippen LogP contribution in [-0.2, 0) is 11.8 Å². The Morgan fingerprint density at radius 1 is 1.42 bits per heavy atom. The van der Waals surface area contributed by atoms with Crippen molar-refractivity contribution < 1.29 is 9.53 Å². The number of hydrogen-bond donors (Lipinski definition) is 1. The monoisotopic (exact) mass is 347 g/mol. The standard InChI is InChI=1S/C18H22ClN3O2/c1-21-9-3-5-15(21)16-6-4-10-22(16)12-18(23)20-13-7-8-17(24-2)14(19)11-13/h3,5,7-9,11,16H,4,6,10,12H2,1-2H3,(H,20,23)/t16-/m1/s1. The predicted octanol–water partition coefficient (Wildman–Crippen LogP) is 3.46. The van der Waals surface area contributed by atoms with Gasteiger partial charge in [-0.15, -0.1) is 0 Å². The van der Waals surface area contributed by atoms with Crippen LogP contribution in [0.2, 0.25) is 5.02 Å². The molecule has 0 bridgehead atoms. The smallest absolute Gasteiger partial charge is 0.238 e. The number of ether oxygens (including phenoxy) is 1. The van der Waals surface area contributed by atoms with E-state index >= 15 is 0 Å². The second-order valence-corrected chi connectivity index (χ2v) is 6.48. The Balaban J connectivity index is 1.64. The molecule has 0 unspecified atom stereocenters. The topological polar surface area (TPSA) is 46.5 Å². The quantitative estimate of drug-likeness (QED) is 0.901. The highest BCUT2D eigenvalue weighted by Crippen LogP contribution is 2.32. The van der Waals surface area contributed by atoms with Crippen molar-refractivity contribution in [2.24, 2.45) is 7.05 Å². The number of halogens is 1. The van der Waals surface area contributed by atoms with E-state index in [4.69, 9.17) is 16.3 Å². The van der Waals surface area contributed by atoms with Gasteiger partial charge in [0.1, 0.15) is 5.75 Å². The van der Waals surface area contributed by atoms with Crippen molar-refractivity contribution in [3.05, 3.63) is 47.2 Å². The highest BCUT2D eigenvalue weighted by atomic mass is 35.5. The minimum Gasteiger partial charge on any atom is -0.495 e. The molecule has 0 aliphatic carbocycles. The minimum atomic E-state index is -0.0302. The van der Waals surface area contributed by atoms with E-state index in [1.807, 2.05) is 19.3 Å². The van der Waals surface area contributed by atoms with Gasteiger partial charge >= 0.3 is 0 Å². The van der Waals surface area contributed by atoms with Crippen LogP contribution in [0.4, 0.5) is 5.69 Å². The molecule has 1 aromatic carbocycles. The number of methoxy groups -OCH3 is 1. The van der Waals surface area contributed by atoms with Gasteiger partial charge in [-0.05, 0) is 49.7 Å². The molecule has 1 amide bonds. The van der Waals surface area contributed by atoms with Gasteiger partial charge in [0.25, 0.3) is 0 Å². The predicted molar refractivity (Wildman–Crippen MR) is 95.6 cm³/mol. The first-order valence-corrected chi connectivity index (χ1v) is 8.45. The first kappa shape index (κ1) is 16.9. The first-order valence-electron chi connectivity index (χ1n) is 8.07. The van der Waals surface area contributed by atoms with Crippen LogP contribution in [0.5, 0.6) is 5.75 Å². The van der Waals surface area contributed by atoms with E-state index in [0.717, 1.165) is 19.4 Å². The maximum Gasteiger partial charge on any atom is 0.238 e. The molecule has 24 heavy (non-hydrogen) atoms. The molecule has 5 nitrogen and oxygen atoms in total. The number of anilines is 1. The van der Waals surface area contributed by atoms with Gasteiger partial charge in [-0.1, -0.05) is 11.6 Å². The van der Waals surface area contributed by atoms with Crippen LogP contribution in [0.25, 0.3) is 0 Å².